The first-order chi connectivity index (χ1) is 14.3. The van der Waals surface area contributed by atoms with E-state index in [4.69, 9.17) is 21.7 Å². The van der Waals surface area contributed by atoms with Crippen LogP contribution in [0.15, 0.2) is 0 Å². The van der Waals surface area contributed by atoms with Crippen LogP contribution in [-0.4, -0.2) is 61.3 Å². The van der Waals surface area contributed by atoms with Gasteiger partial charge in [0.2, 0.25) is 10.7 Å². The zero-order chi connectivity index (χ0) is 23.9. The van der Waals surface area contributed by atoms with Crippen molar-refractivity contribution < 1.29 is 33.4 Å². The van der Waals surface area contributed by atoms with Crippen LogP contribution in [0.5, 0.6) is 0 Å². The fraction of sp³-hybridized carbons (Fsp3) is 0.706. The Morgan fingerprint density at radius 3 is 2.23 bits per heavy atom. The number of carboxylic acids is 2. The first-order valence-electron chi connectivity index (χ1n) is 9.33. The van der Waals surface area contributed by atoms with Gasteiger partial charge in [0.1, 0.15) is 0 Å². The summed E-state index contributed by atoms with van der Waals surface area (Å²) in [6.07, 6.45) is 4.08. The van der Waals surface area contributed by atoms with Crippen molar-refractivity contribution in [2.24, 2.45) is 35.1 Å². The zero-order valence-electron chi connectivity index (χ0n) is 17.0. The molecule has 3 rings (SSSR count). The molecule has 0 saturated heterocycles. The number of halogens is 2. The lowest BCUT2D eigenvalue weighted by atomic mass is 10.0. The molecule has 0 spiro atoms. The number of rotatable bonds is 7. The number of aromatic amines is 2. The lowest BCUT2D eigenvalue weighted by molar-refractivity contribution is -0.143. The monoisotopic (exact) mass is 483 g/mol. The molecule has 2 aliphatic carbocycles. The van der Waals surface area contributed by atoms with E-state index in [9.17, 15) is 23.2 Å². The van der Waals surface area contributed by atoms with E-state index in [0.29, 0.717) is 12.8 Å². The van der Waals surface area contributed by atoms with Gasteiger partial charge in [-0.25, -0.2) is 0 Å². The minimum absolute atomic E-state index is 0.0384. The van der Waals surface area contributed by atoms with Crippen LogP contribution < -0.4 is 11.5 Å². The summed E-state index contributed by atoms with van der Waals surface area (Å²) in [7, 11) is 0. The van der Waals surface area contributed by atoms with E-state index < -0.39 is 41.6 Å². The number of fused-ring (bicyclic) bond motifs is 1. The minimum atomic E-state index is -2.95. The number of thioether (sulfide) groups is 1. The smallest absolute Gasteiger partial charge is 0.307 e. The fourth-order valence-corrected chi connectivity index (χ4v) is 4.02. The van der Waals surface area contributed by atoms with Crippen molar-refractivity contribution in [3.05, 3.63) is 10.6 Å². The second-order valence-corrected chi connectivity index (χ2v) is 8.69. The second kappa shape index (κ2) is 11.5. The molecule has 10 nitrogen and oxygen atoms in total. The van der Waals surface area contributed by atoms with Crippen LogP contribution in [0.3, 0.4) is 0 Å². The molecule has 5 atom stereocenters. The van der Waals surface area contributed by atoms with Crippen LogP contribution in [0, 0.1) is 28.4 Å². The summed E-state index contributed by atoms with van der Waals surface area (Å²) < 4.78 is 24.7. The quantitative estimate of drug-likeness (QED) is 0.313. The van der Waals surface area contributed by atoms with Crippen LogP contribution in [0.25, 0.3) is 0 Å². The van der Waals surface area contributed by atoms with Crippen molar-refractivity contribution in [1.29, 1.82) is 0 Å². The summed E-state index contributed by atoms with van der Waals surface area (Å²) in [4.78, 5) is 34.8. The molecule has 0 aliphatic heterocycles. The number of hydrogen-bond donors (Lipinski definition) is 6. The van der Waals surface area contributed by atoms with Gasteiger partial charge in [-0.3, -0.25) is 24.6 Å². The van der Waals surface area contributed by atoms with Crippen molar-refractivity contribution in [3.8, 4) is 0 Å². The Morgan fingerprint density at radius 1 is 1.29 bits per heavy atom. The predicted molar refractivity (Wildman–Crippen MR) is 112 cm³/mol. The molecule has 176 valence electrons. The minimum Gasteiger partial charge on any atom is -0.481 e. The van der Waals surface area contributed by atoms with Crippen molar-refractivity contribution in [3.63, 3.8) is 0 Å². The average Bonchev–Trinajstić information content (AvgIpc) is 2.99. The topological polar surface area (TPSA) is 188 Å². The number of H-pyrrole nitrogens is 2. The number of amides is 1. The highest BCUT2D eigenvalue weighted by Gasteiger charge is 2.63. The van der Waals surface area contributed by atoms with Gasteiger partial charge in [0.25, 0.3) is 0 Å². The third-order valence-electron chi connectivity index (χ3n) is 5.02. The number of carbonyl (C=O) groups excluding carboxylic acids is 1. The molecule has 14 heteroatoms. The maximum atomic E-state index is 12.3. The largest absolute Gasteiger partial charge is 0.481 e. The van der Waals surface area contributed by atoms with Gasteiger partial charge >= 0.3 is 17.9 Å². The van der Waals surface area contributed by atoms with Gasteiger partial charge in [-0.2, -0.15) is 25.5 Å². The molecular weight excluding hydrogens is 456 g/mol. The highest BCUT2D eigenvalue weighted by molar-refractivity contribution is 7.98. The Hall–Kier alpha value is -2.06. The van der Waals surface area contributed by atoms with Crippen molar-refractivity contribution in [2.75, 3.05) is 12.0 Å². The predicted octanol–water partition coefficient (Wildman–Crippen LogP) is 1.56. The van der Waals surface area contributed by atoms with E-state index in [-0.39, 0.29) is 22.5 Å². The van der Waals surface area contributed by atoms with E-state index in [2.05, 4.69) is 27.4 Å². The Morgan fingerprint density at radius 2 is 1.90 bits per heavy atom. The molecule has 1 amide bonds. The molecule has 0 aromatic carbocycles. The van der Waals surface area contributed by atoms with Crippen LogP contribution in [0.1, 0.15) is 32.0 Å². The molecule has 1 aromatic rings. The molecule has 1 aromatic heterocycles. The van der Waals surface area contributed by atoms with Gasteiger partial charge in [0, 0.05) is 6.92 Å². The van der Waals surface area contributed by atoms with Gasteiger partial charge in [-0.1, -0.05) is 0 Å². The molecule has 8 N–H and O–H groups in total. The number of carbonyl (C=O) groups is 3. The first-order valence-corrected chi connectivity index (χ1v) is 11.1. The van der Waals surface area contributed by atoms with Crippen LogP contribution in [-0.2, 0) is 20.3 Å². The normalized spacial score (nSPS) is 24.5. The maximum Gasteiger partial charge on any atom is 0.307 e. The van der Waals surface area contributed by atoms with E-state index in [0.717, 1.165) is 19.1 Å². The SMILES string of the molecule is CC(F)(F)c1nc(=S)[nH][nH]1.CSCCC(N)C(N)=O.O=C(O)C1CCC2C(C(=O)O)C12. The third kappa shape index (κ3) is 8.18. The van der Waals surface area contributed by atoms with Gasteiger partial charge < -0.3 is 21.7 Å². The zero-order valence-corrected chi connectivity index (χ0v) is 18.6. The number of nitrogens with two attached hydrogens (primary N) is 2. The summed E-state index contributed by atoms with van der Waals surface area (Å²) in [5.74, 6) is -5.22. The lowest BCUT2D eigenvalue weighted by Gasteiger charge is -2.05. The Kier molecular flexibility index (Phi) is 10.0. The van der Waals surface area contributed by atoms with Crippen molar-refractivity contribution >= 4 is 41.8 Å². The summed E-state index contributed by atoms with van der Waals surface area (Å²) in [6, 6.07) is -0.461. The molecule has 2 aliphatic rings. The van der Waals surface area contributed by atoms with Crippen LogP contribution in [0.2, 0.25) is 0 Å². The average molecular weight is 484 g/mol. The molecule has 31 heavy (non-hydrogen) atoms. The molecule has 2 fully saturated rings. The number of nitrogens with one attached hydrogen (secondary N) is 2. The standard InChI is InChI=1S/C8H10O4.C5H12N2OS.C4H5F2N3S/c9-7(10)4-2-1-3-5(4)6(3)8(11)12;1-9-3-2-4(6)5(7)8;1-4(5,6)2-7-3(10)9-8-2/h3-6H,1-2H2,(H,9,10)(H,11,12);4H,2-3,6H2,1H3,(H2,7,8);1H3,(H2,7,8,9,10). The molecular formula is C17H27F2N5O5S2. The van der Waals surface area contributed by atoms with Gasteiger partial charge in [-0.05, 0) is 55.3 Å². The number of hydrogen-bond acceptors (Lipinski definition) is 7. The van der Waals surface area contributed by atoms with Crippen molar-refractivity contribution in [2.45, 2.75) is 38.2 Å². The van der Waals surface area contributed by atoms with E-state index in [1.54, 1.807) is 11.8 Å². The number of aliphatic carboxylic acids is 2. The molecule has 1 heterocycles. The van der Waals surface area contributed by atoms with Gasteiger partial charge in [-0.15, -0.1) is 0 Å². The Balaban J connectivity index is 0.000000236. The van der Waals surface area contributed by atoms with Crippen LogP contribution >= 0.6 is 24.0 Å². The first kappa shape index (κ1) is 27.0. The second-order valence-electron chi connectivity index (χ2n) is 7.32. The summed E-state index contributed by atoms with van der Waals surface area (Å²) in [5, 5.41) is 21.8. The Bertz CT molecular complexity index is 828. The van der Waals surface area contributed by atoms with E-state index in [1.807, 2.05) is 6.26 Å². The fourth-order valence-electron chi connectivity index (χ4n) is 3.39. The summed E-state index contributed by atoms with van der Waals surface area (Å²) >= 11 is 6.13. The van der Waals surface area contributed by atoms with Gasteiger partial charge in [0.05, 0.1) is 17.9 Å². The Labute approximate surface area is 186 Å². The highest BCUT2D eigenvalue weighted by Crippen LogP contribution is 2.60. The molecule has 5 unspecified atom stereocenters. The number of primary amides is 1. The highest BCUT2D eigenvalue weighted by atomic mass is 32.2. The molecule has 0 radical (unpaired) electrons. The number of aromatic nitrogens is 3. The number of carboxylic acid groups (broad SMARTS) is 2. The van der Waals surface area contributed by atoms with Crippen LogP contribution in [0.4, 0.5) is 8.78 Å². The molecule has 2 saturated carbocycles. The maximum absolute atomic E-state index is 12.3. The third-order valence-corrected chi connectivity index (χ3v) is 5.86. The number of nitrogens with zero attached hydrogens (tertiary/aromatic N) is 1. The lowest BCUT2D eigenvalue weighted by Crippen LogP contribution is -2.36. The summed E-state index contributed by atoms with van der Waals surface area (Å²) in [6.45, 7) is 0.744. The van der Waals surface area contributed by atoms with Crippen molar-refractivity contribution in [1.82, 2.24) is 15.2 Å². The van der Waals surface area contributed by atoms with Gasteiger partial charge in [0.15, 0.2) is 5.82 Å². The number of alkyl halides is 2. The van der Waals surface area contributed by atoms with E-state index >= 15 is 0 Å². The van der Waals surface area contributed by atoms with E-state index in [1.165, 1.54) is 0 Å². The molecule has 0 bridgehead atoms. The summed E-state index contributed by atoms with van der Waals surface area (Å²) in [5.41, 5.74) is 10.2.